The molecule has 0 amide bonds. The SMILES string of the molecule is COC(=O)c1oc2c(c1C(=O)OC)N(c1ccc(OC)cc1)[C@@H](c1ccccn1)[C@H](O)c1cocc1-2. The lowest BCUT2D eigenvalue weighted by Crippen LogP contribution is -2.30. The van der Waals surface area contributed by atoms with Crippen LogP contribution in [-0.2, 0) is 9.47 Å². The minimum atomic E-state index is -1.16. The Morgan fingerprint density at radius 2 is 1.75 bits per heavy atom. The number of fused-ring (bicyclic) bond motifs is 3. The highest BCUT2D eigenvalue weighted by Crippen LogP contribution is 2.54. The van der Waals surface area contributed by atoms with Crippen molar-refractivity contribution >= 4 is 23.3 Å². The van der Waals surface area contributed by atoms with Gasteiger partial charge in [0.25, 0.3) is 0 Å². The maximum atomic E-state index is 13.1. The Morgan fingerprint density at radius 1 is 1.00 bits per heavy atom. The van der Waals surface area contributed by atoms with Gasteiger partial charge in [-0.25, -0.2) is 9.59 Å². The van der Waals surface area contributed by atoms with Crippen molar-refractivity contribution < 1.29 is 37.7 Å². The molecule has 36 heavy (non-hydrogen) atoms. The molecule has 0 radical (unpaired) electrons. The van der Waals surface area contributed by atoms with Gasteiger partial charge in [-0.1, -0.05) is 6.07 Å². The van der Waals surface area contributed by atoms with E-state index in [1.165, 1.54) is 26.7 Å². The van der Waals surface area contributed by atoms with E-state index in [1.807, 2.05) is 0 Å². The highest BCUT2D eigenvalue weighted by molar-refractivity contribution is 6.09. The fourth-order valence-corrected chi connectivity index (χ4v) is 4.41. The van der Waals surface area contributed by atoms with Gasteiger partial charge < -0.3 is 33.1 Å². The van der Waals surface area contributed by atoms with Crippen LogP contribution in [0.5, 0.6) is 5.75 Å². The summed E-state index contributed by atoms with van der Waals surface area (Å²) in [6.07, 6.45) is 3.23. The number of aromatic nitrogens is 1. The third-order valence-electron chi connectivity index (χ3n) is 6.06. The summed E-state index contributed by atoms with van der Waals surface area (Å²) < 4.78 is 26.6. The third kappa shape index (κ3) is 3.59. The second-order valence-electron chi connectivity index (χ2n) is 7.92. The molecule has 0 fully saturated rings. The van der Waals surface area contributed by atoms with E-state index in [9.17, 15) is 14.7 Å². The van der Waals surface area contributed by atoms with Gasteiger partial charge in [-0.05, 0) is 36.4 Å². The molecule has 0 saturated carbocycles. The summed E-state index contributed by atoms with van der Waals surface area (Å²) in [5.41, 5.74) is 1.87. The highest BCUT2D eigenvalue weighted by atomic mass is 16.5. The van der Waals surface area contributed by atoms with Crippen LogP contribution in [0.3, 0.4) is 0 Å². The Kier molecular flexibility index (Phi) is 5.95. The van der Waals surface area contributed by atoms with E-state index >= 15 is 0 Å². The number of methoxy groups -OCH3 is 3. The molecule has 1 aliphatic rings. The quantitative estimate of drug-likeness (QED) is 0.401. The van der Waals surface area contributed by atoms with Gasteiger partial charge in [0, 0.05) is 17.4 Å². The average molecular weight is 490 g/mol. The molecule has 10 nitrogen and oxygen atoms in total. The van der Waals surface area contributed by atoms with E-state index in [0.717, 1.165) is 0 Å². The van der Waals surface area contributed by atoms with Crippen LogP contribution in [0.25, 0.3) is 11.3 Å². The highest BCUT2D eigenvalue weighted by Gasteiger charge is 2.45. The Balaban J connectivity index is 1.90. The number of hydrogen-bond donors (Lipinski definition) is 1. The maximum absolute atomic E-state index is 13.1. The van der Waals surface area contributed by atoms with E-state index in [0.29, 0.717) is 28.3 Å². The fourth-order valence-electron chi connectivity index (χ4n) is 4.41. The molecule has 4 heterocycles. The molecule has 1 aromatic carbocycles. The lowest BCUT2D eigenvalue weighted by atomic mass is 9.98. The maximum Gasteiger partial charge on any atom is 0.374 e. The number of aliphatic hydroxyl groups is 1. The smallest absolute Gasteiger partial charge is 0.374 e. The van der Waals surface area contributed by atoms with Crippen LogP contribution in [-0.4, -0.2) is 43.4 Å². The number of anilines is 2. The van der Waals surface area contributed by atoms with E-state index in [-0.39, 0.29) is 22.8 Å². The van der Waals surface area contributed by atoms with Crippen LogP contribution in [0.4, 0.5) is 11.4 Å². The summed E-state index contributed by atoms with van der Waals surface area (Å²) >= 11 is 0. The first-order chi connectivity index (χ1) is 17.5. The summed E-state index contributed by atoms with van der Waals surface area (Å²) in [5.74, 6) is -1.28. The van der Waals surface area contributed by atoms with Crippen molar-refractivity contribution in [2.24, 2.45) is 0 Å². The zero-order chi connectivity index (χ0) is 25.4. The predicted octanol–water partition coefficient (Wildman–Crippen LogP) is 4.44. The van der Waals surface area contributed by atoms with E-state index in [2.05, 4.69) is 4.98 Å². The molecule has 0 saturated heterocycles. The summed E-state index contributed by atoms with van der Waals surface area (Å²) in [6, 6.07) is 11.4. The van der Waals surface area contributed by atoms with Crippen molar-refractivity contribution in [1.82, 2.24) is 4.98 Å². The number of rotatable bonds is 5. The lowest BCUT2D eigenvalue weighted by Gasteiger charge is -2.34. The van der Waals surface area contributed by atoms with Crippen molar-refractivity contribution in [2.75, 3.05) is 26.2 Å². The molecule has 0 bridgehead atoms. The van der Waals surface area contributed by atoms with Gasteiger partial charge >= 0.3 is 11.9 Å². The minimum absolute atomic E-state index is 0.132. The van der Waals surface area contributed by atoms with Gasteiger partial charge in [0.2, 0.25) is 5.76 Å². The van der Waals surface area contributed by atoms with Crippen LogP contribution in [0, 0.1) is 0 Å². The standard InChI is InChI=1S/C26H22N2O8/c1-32-15-9-7-14(8-10-15)28-20(18-6-4-5-11-27-18)22(29)16-12-35-13-17(16)23-21(28)19(25(30)33-2)24(36-23)26(31)34-3/h4-13,20,22,29H,1-3H3/t20-,22+/m0/s1. The number of benzene rings is 1. The molecule has 1 N–H and O–H groups in total. The van der Waals surface area contributed by atoms with Gasteiger partial charge in [0.1, 0.15) is 35.4 Å². The summed E-state index contributed by atoms with van der Waals surface area (Å²) in [5, 5.41) is 11.7. The first kappa shape index (κ1) is 23.2. The van der Waals surface area contributed by atoms with E-state index in [4.69, 9.17) is 23.0 Å². The largest absolute Gasteiger partial charge is 0.497 e. The van der Waals surface area contributed by atoms with Crippen LogP contribution in [0.1, 0.15) is 44.3 Å². The molecule has 1 aliphatic heterocycles. The van der Waals surface area contributed by atoms with Crippen LogP contribution < -0.4 is 9.64 Å². The Morgan fingerprint density at radius 3 is 2.39 bits per heavy atom. The van der Waals surface area contributed by atoms with Gasteiger partial charge in [0.05, 0.1) is 38.8 Å². The minimum Gasteiger partial charge on any atom is -0.497 e. The number of esters is 2. The predicted molar refractivity (Wildman–Crippen MR) is 126 cm³/mol. The molecular formula is C26H22N2O8. The fraction of sp³-hybridized carbons (Fsp3) is 0.192. The van der Waals surface area contributed by atoms with Crippen molar-refractivity contribution in [3.05, 3.63) is 83.8 Å². The van der Waals surface area contributed by atoms with Crippen molar-refractivity contribution in [1.29, 1.82) is 0 Å². The molecule has 5 rings (SSSR count). The summed E-state index contributed by atoms with van der Waals surface area (Å²) in [7, 11) is 3.93. The van der Waals surface area contributed by atoms with Crippen molar-refractivity contribution in [2.45, 2.75) is 12.1 Å². The molecule has 0 unspecified atom stereocenters. The van der Waals surface area contributed by atoms with Gasteiger partial charge in [-0.3, -0.25) is 4.98 Å². The number of nitrogens with zero attached hydrogens (tertiary/aromatic N) is 2. The lowest BCUT2D eigenvalue weighted by molar-refractivity contribution is 0.0529. The molecule has 4 aromatic rings. The molecule has 0 aliphatic carbocycles. The number of carbonyl (C=O) groups is 2. The van der Waals surface area contributed by atoms with E-state index < -0.39 is 24.1 Å². The normalized spacial score (nSPS) is 16.5. The van der Waals surface area contributed by atoms with Gasteiger partial charge in [-0.2, -0.15) is 0 Å². The van der Waals surface area contributed by atoms with Gasteiger partial charge in [0.15, 0.2) is 5.76 Å². The molecule has 184 valence electrons. The van der Waals surface area contributed by atoms with Crippen molar-refractivity contribution in [3.8, 4) is 17.1 Å². The number of furan rings is 2. The number of hydrogen-bond acceptors (Lipinski definition) is 10. The number of pyridine rings is 1. The first-order valence-electron chi connectivity index (χ1n) is 10.9. The summed E-state index contributed by atoms with van der Waals surface area (Å²) in [4.78, 5) is 32.0. The average Bonchev–Trinajstić information content (AvgIpc) is 3.54. The van der Waals surface area contributed by atoms with E-state index in [1.54, 1.807) is 60.7 Å². The van der Waals surface area contributed by atoms with Crippen LogP contribution >= 0.6 is 0 Å². The number of ether oxygens (including phenoxy) is 3. The molecule has 0 spiro atoms. The second kappa shape index (κ2) is 9.23. The topological polar surface area (TPSA) is 124 Å². The molecule has 3 aromatic heterocycles. The number of carbonyl (C=O) groups excluding carboxylic acids is 2. The molecule has 2 atom stereocenters. The zero-order valence-corrected chi connectivity index (χ0v) is 19.6. The Labute approximate surface area is 205 Å². The molecular weight excluding hydrogens is 468 g/mol. The Hall–Kier alpha value is -4.57. The summed E-state index contributed by atoms with van der Waals surface area (Å²) in [6.45, 7) is 0. The third-order valence-corrected chi connectivity index (χ3v) is 6.06. The number of aliphatic hydroxyl groups excluding tert-OH is 1. The first-order valence-corrected chi connectivity index (χ1v) is 10.9. The van der Waals surface area contributed by atoms with Crippen LogP contribution in [0.2, 0.25) is 0 Å². The zero-order valence-electron chi connectivity index (χ0n) is 19.6. The second-order valence-corrected chi connectivity index (χ2v) is 7.92. The monoisotopic (exact) mass is 490 g/mol. The van der Waals surface area contributed by atoms with Crippen LogP contribution in [0.15, 0.2) is 70.0 Å². The molecule has 10 heteroatoms. The Bertz CT molecular complexity index is 1410. The van der Waals surface area contributed by atoms with Crippen molar-refractivity contribution in [3.63, 3.8) is 0 Å². The van der Waals surface area contributed by atoms with Gasteiger partial charge in [-0.15, -0.1) is 0 Å².